The summed E-state index contributed by atoms with van der Waals surface area (Å²) in [5, 5.41) is 2.97. The van der Waals surface area contributed by atoms with Crippen molar-refractivity contribution in [2.45, 2.75) is 37.8 Å². The van der Waals surface area contributed by atoms with Gasteiger partial charge in [0.2, 0.25) is 5.91 Å². The van der Waals surface area contributed by atoms with E-state index in [2.05, 4.69) is 5.32 Å². The molecule has 1 aliphatic heterocycles. The van der Waals surface area contributed by atoms with E-state index in [0.717, 1.165) is 19.3 Å². The lowest BCUT2D eigenvalue weighted by Crippen LogP contribution is -2.46. The number of benzene rings is 1. The maximum atomic E-state index is 12.6. The van der Waals surface area contributed by atoms with E-state index in [1.807, 2.05) is 0 Å². The quantitative estimate of drug-likeness (QED) is 0.714. The number of nitrogens with one attached hydrogen (secondary N) is 1. The lowest BCUT2D eigenvalue weighted by atomic mass is 10.1. The molecule has 0 aromatic heterocycles. The van der Waals surface area contributed by atoms with E-state index < -0.39 is 0 Å². The Morgan fingerprint density at radius 2 is 1.76 bits per heavy atom. The first-order valence-corrected chi connectivity index (χ1v) is 7.32. The second-order valence-electron chi connectivity index (χ2n) is 5.83. The van der Waals surface area contributed by atoms with Crippen LogP contribution < -0.4 is 16.8 Å². The molecule has 2 amide bonds. The Hall–Kier alpha value is -2.24. The van der Waals surface area contributed by atoms with Gasteiger partial charge >= 0.3 is 0 Å². The van der Waals surface area contributed by atoms with Gasteiger partial charge in [-0.25, -0.2) is 0 Å². The zero-order valence-electron chi connectivity index (χ0n) is 11.8. The molecule has 1 atom stereocenters. The number of likely N-dealkylation sites (tertiary alicyclic amines) is 1. The van der Waals surface area contributed by atoms with Crippen molar-refractivity contribution in [3.63, 3.8) is 0 Å². The summed E-state index contributed by atoms with van der Waals surface area (Å²) in [5.41, 5.74) is 12.8. The molecule has 1 aromatic rings. The Bertz CT molecular complexity index is 563. The molecule has 0 radical (unpaired) electrons. The summed E-state index contributed by atoms with van der Waals surface area (Å²) in [7, 11) is 0. The van der Waals surface area contributed by atoms with Crippen molar-refractivity contribution in [1.82, 2.24) is 10.2 Å². The Balaban J connectivity index is 1.77. The molecule has 1 unspecified atom stereocenters. The third-order valence-electron chi connectivity index (χ3n) is 3.96. The van der Waals surface area contributed by atoms with E-state index in [1.54, 1.807) is 23.1 Å². The van der Waals surface area contributed by atoms with Gasteiger partial charge in [-0.15, -0.1) is 0 Å². The molecule has 5 N–H and O–H groups in total. The molecule has 21 heavy (non-hydrogen) atoms. The minimum absolute atomic E-state index is 0.0415. The minimum atomic E-state index is -0.374. The molecule has 2 aliphatic rings. The van der Waals surface area contributed by atoms with Crippen LogP contribution in [0.2, 0.25) is 0 Å². The fourth-order valence-electron chi connectivity index (χ4n) is 2.77. The number of carbonyl (C=O) groups is 2. The van der Waals surface area contributed by atoms with Crippen molar-refractivity contribution in [2.24, 2.45) is 0 Å². The number of hydrogen-bond acceptors (Lipinski definition) is 4. The van der Waals surface area contributed by atoms with Crippen LogP contribution in [0.3, 0.4) is 0 Å². The first-order chi connectivity index (χ1) is 10.0. The summed E-state index contributed by atoms with van der Waals surface area (Å²) >= 11 is 0. The first-order valence-electron chi connectivity index (χ1n) is 7.32. The number of carbonyl (C=O) groups excluding carboxylic acids is 2. The van der Waals surface area contributed by atoms with Gasteiger partial charge in [0.05, 0.1) is 0 Å². The van der Waals surface area contributed by atoms with Gasteiger partial charge in [0.1, 0.15) is 6.04 Å². The fourth-order valence-corrected chi connectivity index (χ4v) is 2.77. The normalized spacial score (nSPS) is 21.3. The molecular weight excluding hydrogens is 268 g/mol. The molecule has 1 aromatic carbocycles. The van der Waals surface area contributed by atoms with E-state index in [9.17, 15) is 9.59 Å². The number of nitrogens with two attached hydrogens (primary N) is 2. The first kappa shape index (κ1) is 13.7. The SMILES string of the molecule is Nc1cc(N)cc(C(=O)N2CCCC2C(=O)NC2CC2)c1. The lowest BCUT2D eigenvalue weighted by Gasteiger charge is -2.24. The highest BCUT2D eigenvalue weighted by Crippen LogP contribution is 2.24. The zero-order valence-corrected chi connectivity index (χ0v) is 11.8. The molecule has 112 valence electrons. The van der Waals surface area contributed by atoms with Gasteiger partial charge < -0.3 is 21.7 Å². The highest BCUT2D eigenvalue weighted by atomic mass is 16.2. The van der Waals surface area contributed by atoms with Crippen LogP contribution in [0.5, 0.6) is 0 Å². The van der Waals surface area contributed by atoms with Gasteiger partial charge in [-0.2, -0.15) is 0 Å². The van der Waals surface area contributed by atoms with Crippen molar-refractivity contribution >= 4 is 23.2 Å². The molecule has 6 heteroatoms. The van der Waals surface area contributed by atoms with Crippen LogP contribution in [0.25, 0.3) is 0 Å². The van der Waals surface area contributed by atoms with Gasteiger partial charge in [-0.1, -0.05) is 0 Å². The molecule has 1 heterocycles. The smallest absolute Gasteiger partial charge is 0.254 e. The highest BCUT2D eigenvalue weighted by molar-refractivity contribution is 5.99. The summed E-state index contributed by atoms with van der Waals surface area (Å²) in [6, 6.07) is 4.75. The van der Waals surface area contributed by atoms with Crippen LogP contribution in [-0.4, -0.2) is 35.3 Å². The maximum absolute atomic E-state index is 12.6. The number of amides is 2. The van der Waals surface area contributed by atoms with Crippen molar-refractivity contribution < 1.29 is 9.59 Å². The summed E-state index contributed by atoms with van der Waals surface area (Å²) in [4.78, 5) is 26.5. The summed E-state index contributed by atoms with van der Waals surface area (Å²) in [6.07, 6.45) is 3.63. The van der Waals surface area contributed by atoms with Crippen LogP contribution >= 0.6 is 0 Å². The average molecular weight is 288 g/mol. The Kier molecular flexibility index (Phi) is 3.45. The topological polar surface area (TPSA) is 101 Å². The standard InChI is InChI=1S/C15H20N4O2/c16-10-6-9(7-11(17)8-10)15(21)19-5-1-2-13(19)14(20)18-12-3-4-12/h6-8,12-13H,1-5,16-17H2,(H,18,20). The number of nitrogens with zero attached hydrogens (tertiary/aromatic N) is 1. The van der Waals surface area contributed by atoms with Crippen molar-refractivity contribution in [3.8, 4) is 0 Å². The van der Waals surface area contributed by atoms with Crippen LogP contribution in [0.4, 0.5) is 11.4 Å². The molecule has 1 saturated carbocycles. The number of rotatable bonds is 3. The highest BCUT2D eigenvalue weighted by Gasteiger charge is 2.36. The number of nitrogen functional groups attached to an aromatic ring is 2. The van der Waals surface area contributed by atoms with Gasteiger partial charge in [0.15, 0.2) is 0 Å². The van der Waals surface area contributed by atoms with E-state index in [4.69, 9.17) is 11.5 Å². The molecule has 3 rings (SSSR count). The zero-order chi connectivity index (χ0) is 15.0. The van der Waals surface area contributed by atoms with Crippen LogP contribution in [0.1, 0.15) is 36.0 Å². The van der Waals surface area contributed by atoms with Crippen molar-refractivity contribution in [3.05, 3.63) is 23.8 Å². The predicted molar refractivity (Wildman–Crippen MR) is 80.5 cm³/mol. The second kappa shape index (κ2) is 5.27. The average Bonchev–Trinajstić information content (AvgIpc) is 3.09. The third kappa shape index (κ3) is 2.94. The van der Waals surface area contributed by atoms with Crippen molar-refractivity contribution in [2.75, 3.05) is 18.0 Å². The van der Waals surface area contributed by atoms with E-state index >= 15 is 0 Å². The third-order valence-corrected chi connectivity index (χ3v) is 3.96. The van der Waals surface area contributed by atoms with E-state index in [1.165, 1.54) is 0 Å². The Morgan fingerprint density at radius 3 is 2.38 bits per heavy atom. The number of anilines is 2. The largest absolute Gasteiger partial charge is 0.399 e. The van der Waals surface area contributed by atoms with Crippen molar-refractivity contribution in [1.29, 1.82) is 0 Å². The molecular formula is C15H20N4O2. The second-order valence-corrected chi connectivity index (χ2v) is 5.83. The van der Waals surface area contributed by atoms with Gasteiger partial charge in [-0.05, 0) is 43.9 Å². The monoisotopic (exact) mass is 288 g/mol. The molecule has 6 nitrogen and oxygen atoms in total. The molecule has 1 saturated heterocycles. The molecule has 2 fully saturated rings. The Labute approximate surface area is 123 Å². The Morgan fingerprint density at radius 1 is 1.10 bits per heavy atom. The van der Waals surface area contributed by atoms with Gasteiger partial charge in [0, 0.05) is 29.5 Å². The van der Waals surface area contributed by atoms with Crippen LogP contribution in [0, 0.1) is 0 Å². The van der Waals surface area contributed by atoms with E-state index in [0.29, 0.717) is 35.9 Å². The summed E-state index contributed by atoms with van der Waals surface area (Å²) < 4.78 is 0. The number of hydrogen-bond donors (Lipinski definition) is 3. The molecule has 1 aliphatic carbocycles. The lowest BCUT2D eigenvalue weighted by molar-refractivity contribution is -0.125. The van der Waals surface area contributed by atoms with Gasteiger partial charge in [-0.3, -0.25) is 9.59 Å². The molecule has 0 bridgehead atoms. The minimum Gasteiger partial charge on any atom is -0.399 e. The fraction of sp³-hybridized carbons (Fsp3) is 0.467. The maximum Gasteiger partial charge on any atom is 0.254 e. The van der Waals surface area contributed by atoms with Crippen LogP contribution in [-0.2, 0) is 4.79 Å². The summed E-state index contributed by atoms with van der Waals surface area (Å²) in [5.74, 6) is -0.220. The van der Waals surface area contributed by atoms with Crippen LogP contribution in [0.15, 0.2) is 18.2 Å². The predicted octanol–water partition coefficient (Wildman–Crippen LogP) is 0.734. The molecule has 0 spiro atoms. The van der Waals surface area contributed by atoms with Gasteiger partial charge in [0.25, 0.3) is 5.91 Å². The summed E-state index contributed by atoms with van der Waals surface area (Å²) in [6.45, 7) is 0.594. The van der Waals surface area contributed by atoms with E-state index in [-0.39, 0.29) is 17.9 Å².